The maximum atomic E-state index is 11.9. The van der Waals surface area contributed by atoms with E-state index in [2.05, 4.69) is 46.7 Å². The van der Waals surface area contributed by atoms with Crippen LogP contribution in [0.15, 0.2) is 29.2 Å². The minimum atomic E-state index is 0.0629. The number of amides is 1. The van der Waals surface area contributed by atoms with Gasteiger partial charge in [0.15, 0.2) is 0 Å². The van der Waals surface area contributed by atoms with Crippen LogP contribution in [0.5, 0.6) is 0 Å². The number of aromatic amines is 1. The van der Waals surface area contributed by atoms with Gasteiger partial charge >= 0.3 is 0 Å². The zero-order valence-corrected chi connectivity index (χ0v) is 14.2. The van der Waals surface area contributed by atoms with Crippen molar-refractivity contribution in [3.05, 3.63) is 46.8 Å². The molecular formula is C17H23N3OS. The van der Waals surface area contributed by atoms with Gasteiger partial charge in [0.1, 0.15) is 0 Å². The van der Waals surface area contributed by atoms with Gasteiger partial charge in [-0.25, -0.2) is 0 Å². The lowest BCUT2D eigenvalue weighted by molar-refractivity contribution is -0.120. The lowest BCUT2D eigenvalue weighted by Crippen LogP contribution is -2.26. The highest BCUT2D eigenvalue weighted by Crippen LogP contribution is 2.18. The summed E-state index contributed by atoms with van der Waals surface area (Å²) in [5.74, 6) is 1.07. The average Bonchev–Trinajstić information content (AvgIpc) is 2.81. The second kappa shape index (κ2) is 8.03. The third-order valence-corrected chi connectivity index (χ3v) is 4.65. The first-order chi connectivity index (χ1) is 10.6. The second-order valence-electron chi connectivity index (χ2n) is 5.45. The molecule has 0 spiro atoms. The zero-order chi connectivity index (χ0) is 15.9. The molecule has 0 saturated heterocycles. The third-order valence-electron chi connectivity index (χ3n) is 3.55. The van der Waals surface area contributed by atoms with Crippen molar-refractivity contribution in [3.8, 4) is 0 Å². The van der Waals surface area contributed by atoms with Gasteiger partial charge < -0.3 is 5.32 Å². The fourth-order valence-corrected chi connectivity index (χ4v) is 3.03. The van der Waals surface area contributed by atoms with Gasteiger partial charge in [0.05, 0.1) is 12.1 Å². The molecule has 1 heterocycles. The van der Waals surface area contributed by atoms with Crippen LogP contribution in [0.2, 0.25) is 0 Å². The van der Waals surface area contributed by atoms with Crippen molar-refractivity contribution in [1.29, 1.82) is 0 Å². The van der Waals surface area contributed by atoms with E-state index < -0.39 is 0 Å². The number of carbonyl (C=O) groups is 1. The predicted octanol–water partition coefficient (Wildman–Crippen LogP) is 3.18. The molecule has 4 nitrogen and oxygen atoms in total. The SMILES string of the molecule is Cc1ccc(SCCCNC(=O)Cc2c(C)n[nH]c2C)cc1. The first kappa shape index (κ1) is 16.6. The van der Waals surface area contributed by atoms with E-state index >= 15 is 0 Å². The average molecular weight is 317 g/mol. The van der Waals surface area contributed by atoms with Crippen molar-refractivity contribution in [2.45, 2.75) is 38.5 Å². The Labute approximate surface area is 136 Å². The minimum Gasteiger partial charge on any atom is -0.356 e. The zero-order valence-electron chi connectivity index (χ0n) is 13.4. The molecule has 2 N–H and O–H groups in total. The predicted molar refractivity (Wildman–Crippen MR) is 91.3 cm³/mol. The highest BCUT2D eigenvalue weighted by molar-refractivity contribution is 7.99. The smallest absolute Gasteiger partial charge is 0.224 e. The number of carbonyl (C=O) groups excluding carboxylic acids is 1. The summed E-state index contributed by atoms with van der Waals surface area (Å²) in [5, 5.41) is 9.99. The van der Waals surface area contributed by atoms with Gasteiger partial charge in [-0.2, -0.15) is 5.10 Å². The highest BCUT2D eigenvalue weighted by atomic mass is 32.2. The van der Waals surface area contributed by atoms with Crippen LogP contribution in [0.25, 0.3) is 0 Å². The van der Waals surface area contributed by atoms with Gasteiger partial charge in [-0.1, -0.05) is 17.7 Å². The van der Waals surface area contributed by atoms with Crippen LogP contribution in [-0.4, -0.2) is 28.4 Å². The minimum absolute atomic E-state index is 0.0629. The number of hydrogen-bond acceptors (Lipinski definition) is 3. The van der Waals surface area contributed by atoms with E-state index in [0.717, 1.165) is 29.1 Å². The first-order valence-electron chi connectivity index (χ1n) is 7.53. The number of nitrogens with one attached hydrogen (secondary N) is 2. The summed E-state index contributed by atoms with van der Waals surface area (Å²) in [6, 6.07) is 8.53. The van der Waals surface area contributed by atoms with Crippen molar-refractivity contribution < 1.29 is 4.79 Å². The van der Waals surface area contributed by atoms with Gasteiger partial charge in [-0.05, 0) is 45.1 Å². The number of aromatic nitrogens is 2. The Morgan fingerprint density at radius 3 is 2.59 bits per heavy atom. The van der Waals surface area contributed by atoms with Gasteiger partial charge in [-0.3, -0.25) is 9.89 Å². The molecule has 2 rings (SSSR count). The van der Waals surface area contributed by atoms with Crippen LogP contribution in [0.1, 0.15) is 28.9 Å². The molecule has 1 aromatic heterocycles. The van der Waals surface area contributed by atoms with Gasteiger partial charge in [0, 0.05) is 22.7 Å². The fourth-order valence-electron chi connectivity index (χ4n) is 2.18. The Balaban J connectivity index is 1.64. The van der Waals surface area contributed by atoms with Crippen LogP contribution in [0.4, 0.5) is 0 Å². The topological polar surface area (TPSA) is 57.8 Å². The summed E-state index contributed by atoms with van der Waals surface area (Å²) >= 11 is 1.82. The summed E-state index contributed by atoms with van der Waals surface area (Å²) in [7, 11) is 0. The Kier molecular flexibility index (Phi) is 6.07. The van der Waals surface area contributed by atoms with Crippen LogP contribution in [0, 0.1) is 20.8 Å². The number of H-pyrrole nitrogens is 1. The maximum absolute atomic E-state index is 11.9. The van der Waals surface area contributed by atoms with Gasteiger partial charge in [-0.15, -0.1) is 11.8 Å². The van der Waals surface area contributed by atoms with Crippen LogP contribution < -0.4 is 5.32 Å². The van der Waals surface area contributed by atoms with E-state index in [1.165, 1.54) is 10.5 Å². The monoisotopic (exact) mass is 317 g/mol. The number of hydrogen-bond donors (Lipinski definition) is 2. The van der Waals surface area contributed by atoms with Gasteiger partial charge in [0.2, 0.25) is 5.91 Å². The van der Waals surface area contributed by atoms with Crippen LogP contribution in [0.3, 0.4) is 0 Å². The molecule has 0 aliphatic rings. The summed E-state index contributed by atoms with van der Waals surface area (Å²) in [6.07, 6.45) is 1.37. The summed E-state index contributed by atoms with van der Waals surface area (Å²) in [5.41, 5.74) is 4.16. The van der Waals surface area contributed by atoms with Crippen molar-refractivity contribution >= 4 is 17.7 Å². The molecule has 1 aromatic carbocycles. The number of nitrogens with zero attached hydrogens (tertiary/aromatic N) is 1. The lowest BCUT2D eigenvalue weighted by atomic mass is 10.1. The number of thioether (sulfide) groups is 1. The largest absolute Gasteiger partial charge is 0.356 e. The molecular weight excluding hydrogens is 294 g/mol. The molecule has 0 bridgehead atoms. The Morgan fingerprint density at radius 1 is 1.23 bits per heavy atom. The number of rotatable bonds is 7. The third kappa shape index (κ3) is 4.91. The molecule has 0 atom stereocenters. The quantitative estimate of drug-likeness (QED) is 0.609. The molecule has 5 heteroatoms. The molecule has 0 fully saturated rings. The number of aryl methyl sites for hydroxylation is 3. The lowest BCUT2D eigenvalue weighted by Gasteiger charge is -2.06. The summed E-state index contributed by atoms with van der Waals surface area (Å²) < 4.78 is 0. The second-order valence-corrected chi connectivity index (χ2v) is 6.62. The summed E-state index contributed by atoms with van der Waals surface area (Å²) in [6.45, 7) is 6.67. The molecule has 0 unspecified atom stereocenters. The fraction of sp³-hybridized carbons (Fsp3) is 0.412. The van der Waals surface area contributed by atoms with E-state index in [1.54, 1.807) is 0 Å². The first-order valence-corrected chi connectivity index (χ1v) is 8.51. The molecule has 118 valence electrons. The normalized spacial score (nSPS) is 10.7. The van der Waals surface area contributed by atoms with Crippen molar-refractivity contribution in [1.82, 2.24) is 15.5 Å². The molecule has 1 amide bonds. The molecule has 22 heavy (non-hydrogen) atoms. The van der Waals surface area contributed by atoms with E-state index in [9.17, 15) is 4.79 Å². The van der Waals surface area contributed by atoms with E-state index in [0.29, 0.717) is 13.0 Å². The van der Waals surface area contributed by atoms with Crippen molar-refractivity contribution in [2.75, 3.05) is 12.3 Å². The van der Waals surface area contributed by atoms with E-state index in [1.807, 2.05) is 25.6 Å². The Bertz CT molecular complexity index is 600. The van der Waals surface area contributed by atoms with E-state index in [4.69, 9.17) is 0 Å². The number of benzene rings is 1. The Morgan fingerprint density at radius 2 is 1.95 bits per heavy atom. The molecule has 2 aromatic rings. The molecule has 0 radical (unpaired) electrons. The molecule has 0 aliphatic heterocycles. The standard InChI is InChI=1S/C17H23N3OS/c1-12-5-7-15(8-6-12)22-10-4-9-18-17(21)11-16-13(2)19-20-14(16)3/h5-8H,4,9-11H2,1-3H3,(H,18,21)(H,19,20). The van der Waals surface area contributed by atoms with E-state index in [-0.39, 0.29) is 5.91 Å². The van der Waals surface area contributed by atoms with Crippen LogP contribution >= 0.6 is 11.8 Å². The molecule has 0 saturated carbocycles. The van der Waals surface area contributed by atoms with Crippen LogP contribution in [-0.2, 0) is 11.2 Å². The summed E-state index contributed by atoms with van der Waals surface area (Å²) in [4.78, 5) is 13.2. The highest BCUT2D eigenvalue weighted by Gasteiger charge is 2.10. The molecule has 0 aliphatic carbocycles. The van der Waals surface area contributed by atoms with Gasteiger partial charge in [0.25, 0.3) is 0 Å². The maximum Gasteiger partial charge on any atom is 0.224 e. The van der Waals surface area contributed by atoms with Crippen molar-refractivity contribution in [2.24, 2.45) is 0 Å². The van der Waals surface area contributed by atoms with Crippen molar-refractivity contribution in [3.63, 3.8) is 0 Å². The Hall–Kier alpha value is -1.75.